The van der Waals surface area contributed by atoms with E-state index >= 15 is 0 Å². The fraction of sp³-hybridized carbons (Fsp3) is 0.500. The van der Waals surface area contributed by atoms with Crippen LogP contribution in [-0.2, 0) is 10.2 Å². The van der Waals surface area contributed by atoms with Crippen molar-refractivity contribution in [2.24, 2.45) is 0 Å². The summed E-state index contributed by atoms with van der Waals surface area (Å²) in [4.78, 5) is 12.2. The second-order valence-corrected chi connectivity index (χ2v) is 5.44. The molecule has 1 spiro atoms. The first-order chi connectivity index (χ1) is 8.43. The van der Waals surface area contributed by atoms with E-state index in [0.29, 0.717) is 0 Å². The van der Waals surface area contributed by atoms with Gasteiger partial charge in [0.2, 0.25) is 11.8 Å². The van der Waals surface area contributed by atoms with Crippen molar-refractivity contribution in [2.45, 2.75) is 43.9 Å². The predicted octanol–water partition coefficient (Wildman–Crippen LogP) is 3.39. The van der Waals surface area contributed by atoms with Gasteiger partial charge in [0.05, 0.1) is 5.41 Å². The third-order valence-corrected chi connectivity index (χ3v) is 4.21. The summed E-state index contributed by atoms with van der Waals surface area (Å²) in [5.74, 6) is -2.73. The summed E-state index contributed by atoms with van der Waals surface area (Å²) in [6, 6.07) is 5.75. The summed E-state index contributed by atoms with van der Waals surface area (Å²) in [6.45, 7) is 1.95. The standard InChI is InChI=1S/C14H15F2NO/c1-9-2-3-11-10(8-9)13(12(18)17-11)4-6-14(15,16)7-5-13/h2-3,8H,4-7H2,1H3,(H,17,18). The summed E-state index contributed by atoms with van der Waals surface area (Å²) in [7, 11) is 0. The molecule has 1 aromatic rings. The molecule has 1 aromatic carbocycles. The smallest absolute Gasteiger partial charge is 0.248 e. The number of fused-ring (bicyclic) bond motifs is 2. The van der Waals surface area contributed by atoms with Crippen molar-refractivity contribution in [3.05, 3.63) is 29.3 Å². The first-order valence-electron chi connectivity index (χ1n) is 6.23. The van der Waals surface area contributed by atoms with Crippen LogP contribution < -0.4 is 5.32 Å². The van der Waals surface area contributed by atoms with Gasteiger partial charge in [-0.3, -0.25) is 4.79 Å². The monoisotopic (exact) mass is 251 g/mol. The van der Waals surface area contributed by atoms with Gasteiger partial charge in [-0.1, -0.05) is 17.7 Å². The minimum atomic E-state index is -2.61. The second-order valence-electron chi connectivity index (χ2n) is 5.44. The summed E-state index contributed by atoms with van der Waals surface area (Å²) in [5.41, 5.74) is 2.03. The fourth-order valence-corrected chi connectivity index (χ4v) is 3.07. The Hall–Kier alpha value is -1.45. The Labute approximate surface area is 104 Å². The molecule has 1 N–H and O–H groups in total. The Balaban J connectivity index is 2.04. The van der Waals surface area contributed by atoms with Gasteiger partial charge in [-0.05, 0) is 31.4 Å². The molecule has 18 heavy (non-hydrogen) atoms. The lowest BCUT2D eigenvalue weighted by atomic mass is 9.69. The van der Waals surface area contributed by atoms with Gasteiger partial charge < -0.3 is 5.32 Å². The lowest BCUT2D eigenvalue weighted by molar-refractivity contribution is -0.125. The normalized spacial score (nSPS) is 23.8. The highest BCUT2D eigenvalue weighted by atomic mass is 19.3. The van der Waals surface area contributed by atoms with Crippen LogP contribution >= 0.6 is 0 Å². The molecule has 96 valence electrons. The molecule has 2 aliphatic rings. The summed E-state index contributed by atoms with van der Waals surface area (Å²) in [5, 5.41) is 2.83. The number of hydrogen-bond acceptors (Lipinski definition) is 1. The Morgan fingerprint density at radius 3 is 2.50 bits per heavy atom. The Kier molecular flexibility index (Phi) is 2.28. The predicted molar refractivity (Wildman–Crippen MR) is 64.9 cm³/mol. The lowest BCUT2D eigenvalue weighted by Gasteiger charge is -2.35. The molecule has 0 unspecified atom stereocenters. The van der Waals surface area contributed by atoms with E-state index in [4.69, 9.17) is 0 Å². The molecule has 2 nitrogen and oxygen atoms in total. The number of benzene rings is 1. The van der Waals surface area contributed by atoms with Crippen LogP contribution in [0, 0.1) is 6.92 Å². The number of aryl methyl sites for hydroxylation is 1. The van der Waals surface area contributed by atoms with Crippen molar-refractivity contribution in [1.82, 2.24) is 0 Å². The lowest BCUT2D eigenvalue weighted by Crippen LogP contribution is -2.41. The Morgan fingerprint density at radius 1 is 1.17 bits per heavy atom. The first-order valence-corrected chi connectivity index (χ1v) is 6.23. The number of alkyl halides is 2. The topological polar surface area (TPSA) is 29.1 Å². The molecule has 1 aliphatic heterocycles. The van der Waals surface area contributed by atoms with Crippen molar-refractivity contribution in [3.8, 4) is 0 Å². The molecule has 1 aliphatic carbocycles. The fourth-order valence-electron chi connectivity index (χ4n) is 3.07. The molecular weight excluding hydrogens is 236 g/mol. The number of carbonyl (C=O) groups excluding carboxylic acids is 1. The van der Waals surface area contributed by atoms with Gasteiger partial charge in [0.15, 0.2) is 0 Å². The van der Waals surface area contributed by atoms with Crippen LogP contribution in [0.1, 0.15) is 36.8 Å². The molecule has 0 bridgehead atoms. The highest BCUT2D eigenvalue weighted by Crippen LogP contribution is 2.51. The molecule has 0 atom stereocenters. The zero-order valence-electron chi connectivity index (χ0n) is 10.2. The number of amides is 1. The van der Waals surface area contributed by atoms with Gasteiger partial charge in [-0.2, -0.15) is 0 Å². The van der Waals surface area contributed by atoms with E-state index < -0.39 is 11.3 Å². The maximum atomic E-state index is 13.3. The Morgan fingerprint density at radius 2 is 1.83 bits per heavy atom. The van der Waals surface area contributed by atoms with E-state index in [1.165, 1.54) is 0 Å². The molecule has 0 aromatic heterocycles. The van der Waals surface area contributed by atoms with Crippen LogP contribution in [0.15, 0.2) is 18.2 Å². The summed E-state index contributed by atoms with van der Waals surface area (Å²) in [6.07, 6.45) is 0.0756. The van der Waals surface area contributed by atoms with Gasteiger partial charge in [0.25, 0.3) is 0 Å². The van der Waals surface area contributed by atoms with Crippen molar-refractivity contribution in [1.29, 1.82) is 0 Å². The quantitative estimate of drug-likeness (QED) is 0.752. The van der Waals surface area contributed by atoms with Crippen LogP contribution in [0.5, 0.6) is 0 Å². The third-order valence-electron chi connectivity index (χ3n) is 4.21. The van der Waals surface area contributed by atoms with Crippen LogP contribution in [-0.4, -0.2) is 11.8 Å². The number of anilines is 1. The maximum Gasteiger partial charge on any atom is 0.248 e. The van der Waals surface area contributed by atoms with Crippen LogP contribution in [0.3, 0.4) is 0 Å². The van der Waals surface area contributed by atoms with E-state index in [9.17, 15) is 13.6 Å². The zero-order valence-corrected chi connectivity index (χ0v) is 10.2. The number of nitrogens with one attached hydrogen (secondary N) is 1. The number of rotatable bonds is 0. The molecule has 0 saturated heterocycles. The molecule has 0 radical (unpaired) electrons. The second kappa shape index (κ2) is 3.53. The molecular formula is C14H15F2NO. The van der Waals surface area contributed by atoms with Gasteiger partial charge in [0.1, 0.15) is 0 Å². The molecule has 1 fully saturated rings. The summed E-state index contributed by atoms with van der Waals surface area (Å²) >= 11 is 0. The third kappa shape index (κ3) is 1.55. The number of halogens is 2. The van der Waals surface area contributed by atoms with Gasteiger partial charge in [-0.15, -0.1) is 0 Å². The van der Waals surface area contributed by atoms with E-state index in [1.807, 2.05) is 25.1 Å². The van der Waals surface area contributed by atoms with E-state index in [-0.39, 0.29) is 31.6 Å². The molecule has 1 heterocycles. The van der Waals surface area contributed by atoms with Crippen molar-refractivity contribution < 1.29 is 13.6 Å². The van der Waals surface area contributed by atoms with Crippen molar-refractivity contribution >= 4 is 11.6 Å². The molecule has 3 rings (SSSR count). The minimum absolute atomic E-state index is 0.112. The highest BCUT2D eigenvalue weighted by Gasteiger charge is 2.52. The summed E-state index contributed by atoms with van der Waals surface area (Å²) < 4.78 is 26.6. The average Bonchev–Trinajstić information content (AvgIpc) is 2.57. The molecule has 1 amide bonds. The van der Waals surface area contributed by atoms with E-state index in [1.54, 1.807) is 0 Å². The molecule has 1 saturated carbocycles. The zero-order chi connectivity index (χ0) is 13.0. The van der Waals surface area contributed by atoms with E-state index in [2.05, 4.69) is 5.32 Å². The van der Waals surface area contributed by atoms with Gasteiger partial charge in [0, 0.05) is 18.5 Å². The van der Waals surface area contributed by atoms with Crippen LogP contribution in [0.25, 0.3) is 0 Å². The highest BCUT2D eigenvalue weighted by molar-refractivity contribution is 6.06. The first kappa shape index (κ1) is 11.6. The van der Waals surface area contributed by atoms with Gasteiger partial charge >= 0.3 is 0 Å². The van der Waals surface area contributed by atoms with Crippen molar-refractivity contribution in [2.75, 3.05) is 5.32 Å². The Bertz CT molecular complexity index is 515. The van der Waals surface area contributed by atoms with Crippen LogP contribution in [0.2, 0.25) is 0 Å². The number of hydrogen-bond donors (Lipinski definition) is 1. The minimum Gasteiger partial charge on any atom is -0.325 e. The van der Waals surface area contributed by atoms with E-state index in [0.717, 1.165) is 16.8 Å². The van der Waals surface area contributed by atoms with Crippen LogP contribution in [0.4, 0.5) is 14.5 Å². The largest absolute Gasteiger partial charge is 0.325 e. The SMILES string of the molecule is Cc1ccc2c(c1)C1(CCC(F)(F)CC1)C(=O)N2. The van der Waals surface area contributed by atoms with Crippen molar-refractivity contribution in [3.63, 3.8) is 0 Å². The molecule has 4 heteroatoms. The average molecular weight is 251 g/mol. The maximum absolute atomic E-state index is 13.3. The van der Waals surface area contributed by atoms with Gasteiger partial charge in [-0.25, -0.2) is 8.78 Å². The number of carbonyl (C=O) groups is 1.